The van der Waals surface area contributed by atoms with Crippen molar-refractivity contribution in [2.75, 3.05) is 14.1 Å². The fourth-order valence-corrected chi connectivity index (χ4v) is 3.11. The molecule has 1 atom stereocenters. The van der Waals surface area contributed by atoms with Crippen molar-refractivity contribution in [1.82, 2.24) is 5.01 Å². The molecule has 0 spiro atoms. The van der Waals surface area contributed by atoms with Crippen molar-refractivity contribution in [3.8, 4) is 0 Å². The van der Waals surface area contributed by atoms with Gasteiger partial charge in [0.05, 0.1) is 11.4 Å². The Bertz CT molecular complexity index is 921. The molecule has 1 aliphatic heterocycles. The van der Waals surface area contributed by atoms with E-state index in [0.29, 0.717) is 0 Å². The fourth-order valence-electron chi connectivity index (χ4n) is 3.11. The van der Waals surface area contributed by atoms with Crippen LogP contribution in [-0.2, 0) is 4.74 Å². The SMILES string of the molecule is CC.CC1OC(CCCC/C=C/c2cccc(C(=N)C(=N)c3ccccc3)c2)=NN1C.CN. The molecule has 6 nitrogen and oxygen atoms in total. The van der Waals surface area contributed by atoms with Crippen molar-refractivity contribution in [1.29, 1.82) is 10.8 Å². The van der Waals surface area contributed by atoms with E-state index in [1.54, 1.807) is 0 Å². The van der Waals surface area contributed by atoms with Gasteiger partial charge in [-0.05, 0) is 44.9 Å². The molecule has 0 fully saturated rings. The monoisotopic (exact) mass is 449 g/mol. The molecule has 3 rings (SSSR count). The van der Waals surface area contributed by atoms with E-state index in [0.717, 1.165) is 48.3 Å². The maximum Gasteiger partial charge on any atom is 0.208 e. The Morgan fingerprint density at radius 1 is 1.00 bits per heavy atom. The largest absolute Gasteiger partial charge is 0.455 e. The molecule has 0 amide bonds. The van der Waals surface area contributed by atoms with Crippen molar-refractivity contribution < 1.29 is 4.74 Å². The average molecular weight is 450 g/mol. The summed E-state index contributed by atoms with van der Waals surface area (Å²) in [4.78, 5) is 0. The van der Waals surface area contributed by atoms with Gasteiger partial charge < -0.3 is 10.5 Å². The molecular weight excluding hydrogens is 410 g/mol. The van der Waals surface area contributed by atoms with Crippen molar-refractivity contribution in [3.63, 3.8) is 0 Å². The molecule has 2 aromatic carbocycles. The Hall–Kier alpha value is -3.25. The van der Waals surface area contributed by atoms with Gasteiger partial charge in [0.25, 0.3) is 0 Å². The van der Waals surface area contributed by atoms with Crippen molar-refractivity contribution in [3.05, 3.63) is 77.4 Å². The van der Waals surface area contributed by atoms with Crippen LogP contribution < -0.4 is 5.73 Å². The molecule has 33 heavy (non-hydrogen) atoms. The Kier molecular flexibility index (Phi) is 13.1. The number of nitrogens with one attached hydrogen (secondary N) is 2. The Morgan fingerprint density at radius 2 is 1.64 bits per heavy atom. The smallest absolute Gasteiger partial charge is 0.208 e. The molecule has 1 unspecified atom stereocenters. The Morgan fingerprint density at radius 3 is 2.27 bits per heavy atom. The van der Waals surface area contributed by atoms with Crippen LogP contribution in [0.2, 0.25) is 0 Å². The van der Waals surface area contributed by atoms with Gasteiger partial charge in [-0.25, -0.2) is 0 Å². The van der Waals surface area contributed by atoms with E-state index in [1.807, 2.05) is 87.4 Å². The van der Waals surface area contributed by atoms with Gasteiger partial charge in [-0.2, -0.15) is 0 Å². The second kappa shape index (κ2) is 15.5. The third-order valence-corrected chi connectivity index (χ3v) is 4.91. The highest BCUT2D eigenvalue weighted by Crippen LogP contribution is 2.15. The fraction of sp³-hybridized carbons (Fsp3) is 0.370. The van der Waals surface area contributed by atoms with Crippen molar-refractivity contribution in [2.24, 2.45) is 10.8 Å². The second-order valence-electron chi connectivity index (χ2n) is 7.17. The van der Waals surface area contributed by atoms with Crippen LogP contribution in [0.15, 0.2) is 65.8 Å². The van der Waals surface area contributed by atoms with Crippen molar-refractivity contribution >= 4 is 23.4 Å². The number of hydrazone groups is 1. The number of hydrogen-bond donors (Lipinski definition) is 3. The first-order chi connectivity index (χ1) is 16.0. The lowest BCUT2D eigenvalue weighted by molar-refractivity contribution is 0.0938. The molecule has 0 saturated carbocycles. The van der Waals surface area contributed by atoms with E-state index in [1.165, 1.54) is 7.05 Å². The maximum atomic E-state index is 8.37. The lowest BCUT2D eigenvalue weighted by Crippen LogP contribution is -2.19. The number of ether oxygens (including phenoxy) is 1. The molecule has 0 saturated heterocycles. The van der Waals surface area contributed by atoms with E-state index >= 15 is 0 Å². The molecule has 4 N–H and O–H groups in total. The van der Waals surface area contributed by atoms with E-state index in [4.69, 9.17) is 15.6 Å². The topological polar surface area (TPSA) is 98.5 Å². The number of hydrogen-bond acceptors (Lipinski definition) is 6. The Labute approximate surface area is 199 Å². The summed E-state index contributed by atoms with van der Waals surface area (Å²) in [6.45, 7) is 5.99. The first kappa shape index (κ1) is 27.8. The third-order valence-electron chi connectivity index (χ3n) is 4.91. The normalized spacial score (nSPS) is 14.4. The number of benzene rings is 2. The summed E-state index contributed by atoms with van der Waals surface area (Å²) in [5, 5.41) is 22.9. The van der Waals surface area contributed by atoms with Gasteiger partial charge in [0.2, 0.25) is 5.90 Å². The number of unbranched alkanes of at least 4 members (excludes halogenated alkanes) is 2. The first-order valence-electron chi connectivity index (χ1n) is 11.6. The number of allylic oxidation sites excluding steroid dienone is 1. The van der Waals surface area contributed by atoms with E-state index < -0.39 is 0 Å². The van der Waals surface area contributed by atoms with E-state index in [-0.39, 0.29) is 17.7 Å². The summed E-state index contributed by atoms with van der Waals surface area (Å²) in [5.41, 5.74) is 7.55. The minimum absolute atomic E-state index is 0.0410. The standard InChI is InChI=1S/C24H28N4O.C2H6.CH5N/c1-18-28(2)27-22(29-18)16-9-4-3-6-11-19-12-10-15-21(17-19)24(26)23(25)20-13-7-5-8-14-20;2*1-2/h5-8,10-15,17-18,25-26H,3-4,9,16H2,1-2H3;1-2H3;2H2,1H3/b11-6+,25-23?,26-24?;;. The molecule has 0 aromatic heterocycles. The highest BCUT2D eigenvalue weighted by Gasteiger charge is 2.19. The van der Waals surface area contributed by atoms with Crippen LogP contribution in [-0.4, -0.2) is 42.7 Å². The summed E-state index contributed by atoms with van der Waals surface area (Å²) in [5.74, 6) is 0.830. The van der Waals surface area contributed by atoms with Gasteiger partial charge in [-0.3, -0.25) is 15.8 Å². The highest BCUT2D eigenvalue weighted by atomic mass is 16.5. The molecule has 0 bridgehead atoms. The van der Waals surface area contributed by atoms with Gasteiger partial charge in [0.1, 0.15) is 0 Å². The molecule has 178 valence electrons. The quantitative estimate of drug-likeness (QED) is 0.327. The molecular formula is C27H39N5O. The lowest BCUT2D eigenvalue weighted by atomic mass is 9.98. The zero-order valence-corrected chi connectivity index (χ0v) is 20.6. The average Bonchev–Trinajstić information content (AvgIpc) is 3.20. The highest BCUT2D eigenvalue weighted by molar-refractivity contribution is 6.51. The zero-order valence-electron chi connectivity index (χ0n) is 20.6. The summed E-state index contributed by atoms with van der Waals surface area (Å²) in [7, 11) is 3.43. The van der Waals surface area contributed by atoms with Crippen LogP contribution in [0.3, 0.4) is 0 Å². The second-order valence-corrected chi connectivity index (χ2v) is 7.17. The predicted octanol–water partition coefficient (Wildman–Crippen LogP) is 5.92. The van der Waals surface area contributed by atoms with Crippen LogP contribution in [0.25, 0.3) is 6.08 Å². The molecule has 0 aliphatic carbocycles. The van der Waals surface area contributed by atoms with Gasteiger partial charge in [0, 0.05) is 24.6 Å². The zero-order chi connectivity index (χ0) is 24.6. The molecule has 2 aromatic rings. The minimum atomic E-state index is 0.0410. The Balaban J connectivity index is 0.00000129. The van der Waals surface area contributed by atoms with Gasteiger partial charge in [-0.1, -0.05) is 74.5 Å². The van der Waals surface area contributed by atoms with Gasteiger partial charge in [0.15, 0.2) is 6.23 Å². The minimum Gasteiger partial charge on any atom is -0.455 e. The summed E-state index contributed by atoms with van der Waals surface area (Å²) in [6, 6.07) is 17.2. The summed E-state index contributed by atoms with van der Waals surface area (Å²) >= 11 is 0. The third kappa shape index (κ3) is 9.02. The molecule has 0 radical (unpaired) electrons. The van der Waals surface area contributed by atoms with Crippen LogP contribution in [0.1, 0.15) is 63.1 Å². The summed E-state index contributed by atoms with van der Waals surface area (Å²) < 4.78 is 5.66. The van der Waals surface area contributed by atoms with E-state index in [2.05, 4.69) is 23.0 Å². The van der Waals surface area contributed by atoms with Crippen molar-refractivity contribution in [2.45, 2.75) is 52.7 Å². The van der Waals surface area contributed by atoms with Gasteiger partial charge >= 0.3 is 0 Å². The first-order valence-corrected chi connectivity index (χ1v) is 11.6. The predicted molar refractivity (Wildman–Crippen MR) is 141 cm³/mol. The number of nitrogens with two attached hydrogens (primary N) is 1. The van der Waals surface area contributed by atoms with Crippen LogP contribution in [0, 0.1) is 10.8 Å². The maximum absolute atomic E-state index is 8.37. The number of nitrogens with zero attached hydrogens (tertiary/aromatic N) is 2. The van der Waals surface area contributed by atoms with Crippen LogP contribution in [0.5, 0.6) is 0 Å². The van der Waals surface area contributed by atoms with Crippen LogP contribution >= 0.6 is 0 Å². The number of rotatable bonds is 9. The molecule has 6 heteroatoms. The van der Waals surface area contributed by atoms with E-state index in [9.17, 15) is 0 Å². The molecule has 1 aliphatic rings. The molecule has 1 heterocycles. The summed E-state index contributed by atoms with van der Waals surface area (Å²) in [6.07, 6.45) is 8.27. The lowest BCUT2D eigenvalue weighted by Gasteiger charge is -2.11. The van der Waals surface area contributed by atoms with Crippen LogP contribution in [0.4, 0.5) is 0 Å². The van der Waals surface area contributed by atoms with Gasteiger partial charge in [-0.15, -0.1) is 5.10 Å².